The van der Waals surface area contributed by atoms with Gasteiger partial charge in [0, 0.05) is 0 Å². The zero-order valence-electron chi connectivity index (χ0n) is 10.2. The summed E-state index contributed by atoms with van der Waals surface area (Å²) >= 11 is 0.403. The summed E-state index contributed by atoms with van der Waals surface area (Å²) in [6.07, 6.45) is -3.11. The van der Waals surface area contributed by atoms with Crippen LogP contribution in [0.4, 0.5) is 13.2 Å². The van der Waals surface area contributed by atoms with Crippen molar-refractivity contribution in [1.82, 2.24) is 4.41 Å². The van der Waals surface area contributed by atoms with Crippen molar-refractivity contribution in [3.05, 3.63) is 23.8 Å². The molecule has 0 aromatic rings. The average molecular weight is 278 g/mol. The number of hydrogen-bond donors (Lipinski definition) is 1. The number of hydrogen-bond acceptors (Lipinski definition) is 4. The van der Waals surface area contributed by atoms with Crippen LogP contribution in [0.2, 0.25) is 0 Å². The Hall–Kier alpha value is -1.26. The predicted octanol–water partition coefficient (Wildman–Crippen LogP) is 1.11. The van der Waals surface area contributed by atoms with E-state index >= 15 is 0 Å². The molecular formula is C10H14AlF3N2O2. The van der Waals surface area contributed by atoms with Crippen LogP contribution in [-0.4, -0.2) is 41.5 Å². The standard InChI is InChI=1S/C10H13F3N2O2.Al.2H/c1-3-5-7(9(16)17-4-2)8(6-15-14)10(11,12)13;;;/h3,6H,1,4-5H2,2H3,(H2,14,16);;;/q;+1;;/p-1. The number of hydrazone groups is 1. The van der Waals surface area contributed by atoms with E-state index in [2.05, 4.69) is 20.8 Å². The van der Waals surface area contributed by atoms with Gasteiger partial charge in [-0.3, -0.25) is 0 Å². The average Bonchev–Trinajstić information content (AvgIpc) is 2.26. The Morgan fingerprint density at radius 3 is 2.56 bits per heavy atom. The summed E-state index contributed by atoms with van der Waals surface area (Å²) in [5.74, 6) is -1.01. The molecule has 0 heterocycles. The summed E-state index contributed by atoms with van der Waals surface area (Å²) < 4.78 is 45.4. The Kier molecular flexibility index (Phi) is 7.40. The maximum Gasteiger partial charge on any atom is 0.418 e. The van der Waals surface area contributed by atoms with Crippen LogP contribution < -0.4 is 4.41 Å². The van der Waals surface area contributed by atoms with Crippen LogP contribution in [0, 0.1) is 0 Å². The zero-order valence-corrected chi connectivity index (χ0v) is 12.2. The molecule has 0 bridgehead atoms. The normalized spacial score (nSPS) is 13.1. The number of carbonyl (C=O) groups is 1. The smallest absolute Gasteiger partial charge is 0.418 e. The van der Waals surface area contributed by atoms with Gasteiger partial charge in [0.25, 0.3) is 0 Å². The summed E-state index contributed by atoms with van der Waals surface area (Å²) in [6, 6.07) is 0. The molecule has 0 aliphatic carbocycles. The number of carbonyl (C=O) groups excluding carboxylic acids is 1. The zero-order chi connectivity index (χ0) is 14.2. The van der Waals surface area contributed by atoms with Crippen molar-refractivity contribution in [3.63, 3.8) is 0 Å². The van der Waals surface area contributed by atoms with E-state index in [1.165, 1.54) is 13.0 Å². The summed E-state index contributed by atoms with van der Waals surface area (Å²) in [5.41, 5.74) is -1.62. The lowest BCUT2D eigenvalue weighted by atomic mass is 10.1. The Labute approximate surface area is 111 Å². The monoisotopic (exact) mass is 278 g/mol. The van der Waals surface area contributed by atoms with E-state index in [4.69, 9.17) is 0 Å². The Balaban J connectivity index is 5.61. The molecule has 0 amide bonds. The van der Waals surface area contributed by atoms with Gasteiger partial charge < -0.3 is 9.15 Å². The van der Waals surface area contributed by atoms with Crippen LogP contribution in [-0.2, 0) is 9.53 Å². The fraction of sp³-hybridized carbons (Fsp3) is 0.400. The molecule has 18 heavy (non-hydrogen) atoms. The molecule has 0 saturated carbocycles. The third kappa shape index (κ3) is 5.38. The number of halogens is 3. The first-order valence-corrected chi connectivity index (χ1v) is 6.16. The van der Waals surface area contributed by atoms with E-state index in [0.29, 0.717) is 22.7 Å². The first-order valence-electron chi connectivity index (χ1n) is 5.16. The molecule has 1 N–H and O–H groups in total. The van der Waals surface area contributed by atoms with Gasteiger partial charge in [0.05, 0.1) is 24.0 Å². The molecule has 4 nitrogen and oxygen atoms in total. The van der Waals surface area contributed by atoms with E-state index in [1.54, 1.807) is 0 Å². The molecule has 100 valence electrons. The number of rotatable bonds is 6. The highest BCUT2D eigenvalue weighted by Crippen LogP contribution is 2.29. The lowest BCUT2D eigenvalue weighted by Crippen LogP contribution is -2.21. The quantitative estimate of drug-likeness (QED) is 0.198. The fourth-order valence-corrected chi connectivity index (χ4v) is 1.25. The van der Waals surface area contributed by atoms with Gasteiger partial charge in [-0.25, -0.2) is 9.90 Å². The molecular weight excluding hydrogens is 264 g/mol. The van der Waals surface area contributed by atoms with E-state index < -0.39 is 23.3 Å². The highest BCUT2D eigenvalue weighted by Gasteiger charge is 2.37. The molecule has 0 aromatic heterocycles. The highest BCUT2D eigenvalue weighted by molar-refractivity contribution is 6.05. The maximum absolute atomic E-state index is 12.8. The molecule has 0 saturated heterocycles. The number of nitrogens with one attached hydrogen (secondary N) is 1. The lowest BCUT2D eigenvalue weighted by Gasteiger charge is -2.13. The Morgan fingerprint density at radius 1 is 1.56 bits per heavy atom. The highest BCUT2D eigenvalue weighted by atomic mass is 27.1. The van der Waals surface area contributed by atoms with Gasteiger partial charge in [0.2, 0.25) is 0 Å². The lowest BCUT2D eigenvalue weighted by molar-refractivity contribution is -0.139. The Bertz CT molecular complexity index is 365. The van der Waals surface area contributed by atoms with Crippen LogP contribution in [0.5, 0.6) is 0 Å². The minimum atomic E-state index is -4.67. The number of esters is 1. The van der Waals surface area contributed by atoms with Crippen LogP contribution >= 0.6 is 0 Å². The van der Waals surface area contributed by atoms with Crippen molar-refractivity contribution in [2.45, 2.75) is 19.5 Å². The van der Waals surface area contributed by atoms with Crippen molar-refractivity contribution in [1.29, 1.82) is 0 Å². The predicted molar refractivity (Wildman–Crippen MR) is 64.7 cm³/mol. The maximum atomic E-state index is 12.8. The molecule has 0 atom stereocenters. The van der Waals surface area contributed by atoms with E-state index in [9.17, 15) is 18.0 Å². The van der Waals surface area contributed by atoms with Crippen molar-refractivity contribution >= 4 is 28.7 Å². The van der Waals surface area contributed by atoms with E-state index in [0.717, 1.165) is 0 Å². The minimum absolute atomic E-state index is 0.000692. The van der Waals surface area contributed by atoms with Crippen LogP contribution in [0.1, 0.15) is 13.3 Å². The van der Waals surface area contributed by atoms with E-state index in [1.807, 2.05) is 0 Å². The molecule has 0 fully saturated rings. The molecule has 0 aromatic carbocycles. The van der Waals surface area contributed by atoms with Gasteiger partial charge in [-0.15, -0.1) is 6.58 Å². The second-order valence-corrected chi connectivity index (χ2v) is 3.53. The summed E-state index contributed by atoms with van der Waals surface area (Å²) in [5, 5.41) is 3.35. The number of nitrogens with zero attached hydrogens (tertiary/aromatic N) is 1. The molecule has 0 radical (unpaired) electrons. The molecule has 8 heteroatoms. The number of allylic oxidation sites excluding steroid dienone is 2. The SMILES string of the molecule is C=CC/C(C(=O)OCC)=C(/C=N/[NH][AlH2])C(F)(F)F. The van der Waals surface area contributed by atoms with Gasteiger partial charge in [-0.05, 0) is 13.3 Å². The first-order chi connectivity index (χ1) is 8.38. The van der Waals surface area contributed by atoms with Crippen LogP contribution in [0.3, 0.4) is 0 Å². The van der Waals surface area contributed by atoms with Gasteiger partial charge in [0.1, 0.15) is 0 Å². The molecule has 0 aliphatic heterocycles. The fourth-order valence-electron chi connectivity index (χ4n) is 1.12. The number of alkyl halides is 3. The van der Waals surface area contributed by atoms with Gasteiger partial charge >= 0.3 is 28.7 Å². The Morgan fingerprint density at radius 2 is 2.17 bits per heavy atom. The van der Waals surface area contributed by atoms with Crippen molar-refractivity contribution in [3.8, 4) is 0 Å². The van der Waals surface area contributed by atoms with Crippen LogP contribution in [0.25, 0.3) is 0 Å². The van der Waals surface area contributed by atoms with E-state index in [-0.39, 0.29) is 13.0 Å². The summed E-state index contributed by atoms with van der Waals surface area (Å²) in [7, 11) is 0. The molecule has 0 unspecified atom stereocenters. The second kappa shape index (κ2) is 7.95. The van der Waals surface area contributed by atoms with Gasteiger partial charge in [-0.2, -0.15) is 13.2 Å². The number of ether oxygens (including phenoxy) is 1. The van der Waals surface area contributed by atoms with Gasteiger partial charge in [0.15, 0.2) is 0 Å². The van der Waals surface area contributed by atoms with Crippen molar-refractivity contribution in [2.75, 3.05) is 6.61 Å². The molecule has 0 rings (SSSR count). The summed E-state index contributed by atoms with van der Waals surface area (Å²) in [4.78, 5) is 11.5. The molecule has 0 aliphatic rings. The summed E-state index contributed by atoms with van der Waals surface area (Å²) in [6.45, 7) is 4.84. The third-order valence-electron chi connectivity index (χ3n) is 1.82. The minimum Gasteiger partial charge on any atom is -0.463 e. The van der Waals surface area contributed by atoms with Crippen LogP contribution in [0.15, 0.2) is 28.9 Å². The molecule has 0 spiro atoms. The van der Waals surface area contributed by atoms with Gasteiger partial charge in [-0.1, -0.05) is 6.08 Å². The third-order valence-corrected chi connectivity index (χ3v) is 2.08. The largest absolute Gasteiger partial charge is 0.463 e. The second-order valence-electron chi connectivity index (χ2n) is 3.09. The first kappa shape index (κ1) is 16.7. The van der Waals surface area contributed by atoms with Crippen molar-refractivity contribution in [2.24, 2.45) is 5.10 Å². The van der Waals surface area contributed by atoms with Crippen molar-refractivity contribution < 1.29 is 22.7 Å². The topological polar surface area (TPSA) is 50.7 Å².